The number of aryl methyl sites for hydroxylation is 1. The largest absolute Gasteiger partial charge is 0.461 e. The van der Waals surface area contributed by atoms with Crippen molar-refractivity contribution in [2.45, 2.75) is 33.4 Å². The number of rotatable bonds is 5. The third-order valence-electron chi connectivity index (χ3n) is 1.90. The molecule has 0 atom stereocenters. The van der Waals surface area contributed by atoms with Crippen LogP contribution >= 0.6 is 11.6 Å². The molecule has 0 aromatic carbocycles. The van der Waals surface area contributed by atoms with Crippen LogP contribution in [0.25, 0.3) is 0 Å². The average Bonchev–Trinajstić information content (AvgIpc) is 2.71. The predicted molar refractivity (Wildman–Crippen MR) is 67.0 cm³/mol. The van der Waals surface area contributed by atoms with E-state index in [9.17, 15) is 0 Å². The van der Waals surface area contributed by atoms with Crippen LogP contribution in [0.15, 0.2) is 4.52 Å². The summed E-state index contributed by atoms with van der Waals surface area (Å²) >= 11 is 5.79. The molecule has 0 aliphatic heterocycles. The molecule has 0 aliphatic carbocycles. The zero-order valence-corrected chi connectivity index (χ0v) is 11.5. The van der Waals surface area contributed by atoms with Crippen LogP contribution in [-0.2, 0) is 6.54 Å². The van der Waals surface area contributed by atoms with Crippen molar-refractivity contribution in [3.63, 3.8) is 0 Å². The standard InChI is InChI=1S/C10H13ClN6O2/c1-5(2)18-10-15-8(11)14-9(16-10)12-4-7-13-6(3)19-17-7/h5H,4H2,1-3H3,(H,12,14,15,16). The highest BCUT2D eigenvalue weighted by Crippen LogP contribution is 2.13. The fourth-order valence-electron chi connectivity index (χ4n) is 1.25. The molecule has 2 heterocycles. The van der Waals surface area contributed by atoms with Crippen LogP contribution in [0.4, 0.5) is 5.95 Å². The molecular weight excluding hydrogens is 272 g/mol. The minimum absolute atomic E-state index is 0.0498. The first-order valence-electron chi connectivity index (χ1n) is 5.64. The summed E-state index contributed by atoms with van der Waals surface area (Å²) in [5.41, 5.74) is 0. The van der Waals surface area contributed by atoms with Crippen LogP contribution in [0.3, 0.4) is 0 Å². The Bertz CT molecular complexity index is 559. The van der Waals surface area contributed by atoms with Crippen LogP contribution in [0.5, 0.6) is 6.01 Å². The van der Waals surface area contributed by atoms with Gasteiger partial charge in [0.1, 0.15) is 0 Å². The molecular formula is C10H13ClN6O2. The summed E-state index contributed by atoms with van der Waals surface area (Å²) in [5, 5.41) is 6.71. The molecule has 0 saturated carbocycles. The van der Waals surface area contributed by atoms with Gasteiger partial charge in [0, 0.05) is 6.92 Å². The molecule has 0 saturated heterocycles. The predicted octanol–water partition coefficient (Wildman–Crippen LogP) is 1.62. The first-order chi connectivity index (χ1) is 9.02. The quantitative estimate of drug-likeness (QED) is 0.884. The highest BCUT2D eigenvalue weighted by atomic mass is 35.5. The third kappa shape index (κ3) is 4.02. The van der Waals surface area contributed by atoms with Crippen LogP contribution in [-0.4, -0.2) is 31.2 Å². The highest BCUT2D eigenvalue weighted by molar-refractivity contribution is 6.28. The molecule has 0 bridgehead atoms. The van der Waals surface area contributed by atoms with E-state index in [0.29, 0.717) is 18.3 Å². The molecule has 0 amide bonds. The Morgan fingerprint density at radius 3 is 2.68 bits per heavy atom. The van der Waals surface area contributed by atoms with Gasteiger partial charge in [0.05, 0.1) is 12.6 Å². The zero-order chi connectivity index (χ0) is 13.8. The van der Waals surface area contributed by atoms with Crippen molar-refractivity contribution >= 4 is 17.5 Å². The Hall–Kier alpha value is -1.96. The van der Waals surface area contributed by atoms with Crippen molar-refractivity contribution in [1.82, 2.24) is 25.1 Å². The van der Waals surface area contributed by atoms with Crippen molar-refractivity contribution in [2.24, 2.45) is 0 Å². The fourth-order valence-corrected chi connectivity index (χ4v) is 1.40. The van der Waals surface area contributed by atoms with Gasteiger partial charge in [-0.25, -0.2) is 0 Å². The van der Waals surface area contributed by atoms with Gasteiger partial charge in [0.15, 0.2) is 5.82 Å². The van der Waals surface area contributed by atoms with Crippen molar-refractivity contribution in [2.75, 3.05) is 5.32 Å². The molecule has 102 valence electrons. The summed E-state index contributed by atoms with van der Waals surface area (Å²) in [6.07, 6.45) is -0.0498. The molecule has 0 spiro atoms. The average molecular weight is 285 g/mol. The van der Waals surface area contributed by atoms with Crippen molar-refractivity contribution < 1.29 is 9.26 Å². The Morgan fingerprint density at radius 2 is 2.05 bits per heavy atom. The Labute approximate surface area is 114 Å². The summed E-state index contributed by atoms with van der Waals surface area (Å²) in [6.45, 7) is 5.77. The summed E-state index contributed by atoms with van der Waals surface area (Å²) in [6, 6.07) is 0.168. The van der Waals surface area contributed by atoms with E-state index in [1.165, 1.54) is 0 Å². The molecule has 0 radical (unpaired) electrons. The number of hydrogen-bond donors (Lipinski definition) is 1. The van der Waals surface area contributed by atoms with Crippen molar-refractivity contribution in [3.05, 3.63) is 17.0 Å². The second-order valence-corrected chi connectivity index (χ2v) is 4.30. The number of nitrogens with zero attached hydrogens (tertiary/aromatic N) is 5. The van der Waals surface area contributed by atoms with E-state index in [4.69, 9.17) is 20.9 Å². The summed E-state index contributed by atoms with van der Waals surface area (Å²) < 4.78 is 10.2. The zero-order valence-electron chi connectivity index (χ0n) is 10.7. The van der Waals surface area contributed by atoms with Gasteiger partial charge in [0.25, 0.3) is 0 Å². The SMILES string of the molecule is Cc1nc(CNc2nc(Cl)nc(OC(C)C)n2)no1. The molecule has 0 fully saturated rings. The van der Waals surface area contributed by atoms with Gasteiger partial charge in [0.2, 0.25) is 17.1 Å². The Balaban J connectivity index is 2.05. The minimum Gasteiger partial charge on any atom is -0.461 e. The highest BCUT2D eigenvalue weighted by Gasteiger charge is 2.09. The lowest BCUT2D eigenvalue weighted by atomic mass is 10.5. The van der Waals surface area contributed by atoms with E-state index < -0.39 is 0 Å². The van der Waals surface area contributed by atoms with Gasteiger partial charge in [-0.05, 0) is 25.4 Å². The van der Waals surface area contributed by atoms with Crippen LogP contribution in [0, 0.1) is 6.92 Å². The second-order valence-electron chi connectivity index (χ2n) is 3.96. The summed E-state index contributed by atoms with van der Waals surface area (Å²) in [4.78, 5) is 15.9. The minimum atomic E-state index is -0.0498. The summed E-state index contributed by atoms with van der Waals surface area (Å²) in [7, 11) is 0. The lowest BCUT2D eigenvalue weighted by molar-refractivity contribution is 0.222. The van der Waals surface area contributed by atoms with E-state index in [1.54, 1.807) is 6.92 Å². The molecule has 0 aliphatic rings. The normalized spacial score (nSPS) is 10.8. The first kappa shape index (κ1) is 13.5. The van der Waals surface area contributed by atoms with E-state index in [1.807, 2.05) is 13.8 Å². The van der Waals surface area contributed by atoms with Crippen LogP contribution in [0.1, 0.15) is 25.6 Å². The molecule has 1 N–H and O–H groups in total. The Morgan fingerprint density at radius 1 is 1.26 bits per heavy atom. The van der Waals surface area contributed by atoms with E-state index in [-0.39, 0.29) is 23.3 Å². The van der Waals surface area contributed by atoms with E-state index in [0.717, 1.165) is 0 Å². The summed E-state index contributed by atoms with van der Waals surface area (Å²) in [5.74, 6) is 1.28. The topological polar surface area (TPSA) is 98.9 Å². The first-order valence-corrected chi connectivity index (χ1v) is 6.02. The molecule has 19 heavy (non-hydrogen) atoms. The molecule has 0 unspecified atom stereocenters. The number of anilines is 1. The fraction of sp³-hybridized carbons (Fsp3) is 0.500. The monoisotopic (exact) mass is 284 g/mol. The number of ether oxygens (including phenoxy) is 1. The second kappa shape index (κ2) is 5.79. The lowest BCUT2D eigenvalue weighted by Gasteiger charge is -2.08. The van der Waals surface area contributed by atoms with Crippen LogP contribution < -0.4 is 10.1 Å². The van der Waals surface area contributed by atoms with Gasteiger partial charge < -0.3 is 14.6 Å². The van der Waals surface area contributed by atoms with Gasteiger partial charge >= 0.3 is 6.01 Å². The van der Waals surface area contributed by atoms with Crippen LogP contribution in [0.2, 0.25) is 5.28 Å². The molecule has 8 nitrogen and oxygen atoms in total. The number of halogens is 1. The smallest absolute Gasteiger partial charge is 0.322 e. The lowest BCUT2D eigenvalue weighted by Crippen LogP contribution is -2.11. The van der Waals surface area contributed by atoms with Crippen molar-refractivity contribution in [3.8, 4) is 6.01 Å². The van der Waals surface area contributed by atoms with E-state index >= 15 is 0 Å². The molecule has 2 aromatic rings. The maximum Gasteiger partial charge on any atom is 0.322 e. The molecule has 2 rings (SSSR count). The number of hydrogen-bond acceptors (Lipinski definition) is 8. The van der Waals surface area contributed by atoms with Gasteiger partial charge in [-0.1, -0.05) is 5.16 Å². The number of aromatic nitrogens is 5. The van der Waals surface area contributed by atoms with Gasteiger partial charge in [-0.2, -0.15) is 19.9 Å². The van der Waals surface area contributed by atoms with Gasteiger partial charge in [-0.3, -0.25) is 0 Å². The third-order valence-corrected chi connectivity index (χ3v) is 2.07. The van der Waals surface area contributed by atoms with Gasteiger partial charge in [-0.15, -0.1) is 0 Å². The molecule has 2 aromatic heterocycles. The molecule has 9 heteroatoms. The van der Waals surface area contributed by atoms with Crippen molar-refractivity contribution in [1.29, 1.82) is 0 Å². The maximum absolute atomic E-state index is 5.79. The maximum atomic E-state index is 5.79. The Kier molecular flexibility index (Phi) is 4.10. The number of nitrogens with one attached hydrogen (secondary N) is 1. The van der Waals surface area contributed by atoms with E-state index in [2.05, 4.69) is 30.4 Å².